The van der Waals surface area contributed by atoms with Gasteiger partial charge in [0, 0.05) is 13.1 Å². The van der Waals surface area contributed by atoms with Crippen LogP contribution >= 0.6 is 0 Å². The van der Waals surface area contributed by atoms with Gasteiger partial charge in [-0.05, 0) is 36.8 Å². The standard InChI is InChI=1S/C15H24N2O2S/c1-3-9-15(10-11-15)12-16-13-7-5-6-8-14(13)20(18,19)17-4-2/h5-8,16-17H,3-4,9-12H2,1-2H3. The van der Waals surface area contributed by atoms with E-state index in [1.165, 1.54) is 25.7 Å². The average molecular weight is 296 g/mol. The first kappa shape index (κ1) is 15.3. The van der Waals surface area contributed by atoms with E-state index < -0.39 is 10.0 Å². The summed E-state index contributed by atoms with van der Waals surface area (Å²) >= 11 is 0. The van der Waals surface area contributed by atoms with Crippen molar-refractivity contribution in [2.45, 2.75) is 44.4 Å². The maximum atomic E-state index is 12.2. The summed E-state index contributed by atoms with van der Waals surface area (Å²) in [6.07, 6.45) is 4.88. The van der Waals surface area contributed by atoms with Crippen LogP contribution in [0.4, 0.5) is 5.69 Å². The van der Waals surface area contributed by atoms with Gasteiger partial charge in [0.25, 0.3) is 0 Å². The second kappa shape index (κ2) is 6.14. The summed E-state index contributed by atoms with van der Waals surface area (Å²) in [5.41, 5.74) is 1.10. The Morgan fingerprint density at radius 1 is 1.20 bits per heavy atom. The molecule has 5 heteroatoms. The fraction of sp³-hybridized carbons (Fsp3) is 0.600. The van der Waals surface area contributed by atoms with E-state index in [4.69, 9.17) is 0 Å². The SMILES string of the molecule is CCCC1(CNc2ccccc2S(=O)(=O)NCC)CC1. The largest absolute Gasteiger partial charge is 0.383 e. The number of rotatable bonds is 8. The number of para-hydroxylation sites is 1. The quantitative estimate of drug-likeness (QED) is 0.775. The molecule has 112 valence electrons. The van der Waals surface area contributed by atoms with Crippen molar-refractivity contribution in [1.82, 2.24) is 4.72 Å². The van der Waals surface area contributed by atoms with E-state index in [0.29, 0.717) is 22.5 Å². The highest BCUT2D eigenvalue weighted by atomic mass is 32.2. The highest BCUT2D eigenvalue weighted by Gasteiger charge is 2.41. The zero-order chi connectivity index (χ0) is 14.6. The summed E-state index contributed by atoms with van der Waals surface area (Å²) in [5.74, 6) is 0. The zero-order valence-corrected chi connectivity index (χ0v) is 13.1. The third kappa shape index (κ3) is 3.52. The minimum atomic E-state index is -3.41. The third-order valence-electron chi connectivity index (χ3n) is 3.90. The molecule has 0 amide bonds. The molecule has 1 fully saturated rings. The van der Waals surface area contributed by atoms with E-state index in [9.17, 15) is 8.42 Å². The number of hydrogen-bond acceptors (Lipinski definition) is 3. The van der Waals surface area contributed by atoms with Crippen LogP contribution in [0.1, 0.15) is 39.5 Å². The molecule has 0 bridgehead atoms. The number of nitrogens with one attached hydrogen (secondary N) is 2. The van der Waals surface area contributed by atoms with Gasteiger partial charge in [0.1, 0.15) is 4.90 Å². The van der Waals surface area contributed by atoms with Gasteiger partial charge in [-0.15, -0.1) is 0 Å². The monoisotopic (exact) mass is 296 g/mol. The summed E-state index contributed by atoms with van der Waals surface area (Å²) < 4.78 is 26.9. The Labute approximate surface area is 122 Å². The molecule has 0 heterocycles. The zero-order valence-electron chi connectivity index (χ0n) is 12.3. The second-order valence-corrected chi connectivity index (χ2v) is 7.34. The van der Waals surface area contributed by atoms with Crippen molar-refractivity contribution < 1.29 is 8.42 Å². The van der Waals surface area contributed by atoms with Crippen LogP contribution in [0.3, 0.4) is 0 Å². The predicted molar refractivity (Wildman–Crippen MR) is 82.4 cm³/mol. The average Bonchev–Trinajstić information content (AvgIpc) is 3.17. The van der Waals surface area contributed by atoms with Gasteiger partial charge >= 0.3 is 0 Å². The lowest BCUT2D eigenvalue weighted by atomic mass is 10.0. The van der Waals surface area contributed by atoms with Gasteiger partial charge in [-0.3, -0.25) is 0 Å². The van der Waals surface area contributed by atoms with Crippen molar-refractivity contribution in [2.75, 3.05) is 18.4 Å². The topological polar surface area (TPSA) is 58.2 Å². The molecule has 1 aromatic rings. The van der Waals surface area contributed by atoms with E-state index in [-0.39, 0.29) is 0 Å². The van der Waals surface area contributed by atoms with Crippen molar-refractivity contribution >= 4 is 15.7 Å². The molecule has 1 aliphatic carbocycles. The molecule has 0 aliphatic heterocycles. The summed E-state index contributed by atoms with van der Waals surface area (Å²) in [7, 11) is -3.41. The Hall–Kier alpha value is -1.07. The lowest BCUT2D eigenvalue weighted by molar-refractivity contribution is 0.485. The first-order valence-electron chi connectivity index (χ1n) is 7.35. The van der Waals surface area contributed by atoms with Crippen molar-refractivity contribution in [3.63, 3.8) is 0 Å². The van der Waals surface area contributed by atoms with Crippen LogP contribution in [0.2, 0.25) is 0 Å². The van der Waals surface area contributed by atoms with Crippen molar-refractivity contribution in [1.29, 1.82) is 0 Å². The summed E-state index contributed by atoms with van der Waals surface area (Å²) in [6.45, 7) is 5.24. The molecule has 0 unspecified atom stereocenters. The Bertz CT molecular complexity index is 551. The van der Waals surface area contributed by atoms with Crippen molar-refractivity contribution in [3.05, 3.63) is 24.3 Å². The van der Waals surface area contributed by atoms with Crippen LogP contribution in [-0.4, -0.2) is 21.5 Å². The molecular formula is C15H24N2O2S. The number of hydrogen-bond donors (Lipinski definition) is 2. The first-order valence-corrected chi connectivity index (χ1v) is 8.84. The van der Waals surface area contributed by atoms with E-state index in [2.05, 4.69) is 17.0 Å². The molecule has 0 spiro atoms. The van der Waals surface area contributed by atoms with Crippen molar-refractivity contribution in [3.8, 4) is 0 Å². The highest BCUT2D eigenvalue weighted by molar-refractivity contribution is 7.89. The molecule has 0 atom stereocenters. The molecule has 4 nitrogen and oxygen atoms in total. The van der Waals surface area contributed by atoms with Crippen molar-refractivity contribution in [2.24, 2.45) is 5.41 Å². The van der Waals surface area contributed by atoms with E-state index in [1.54, 1.807) is 19.1 Å². The smallest absolute Gasteiger partial charge is 0.242 e. The van der Waals surface area contributed by atoms with Gasteiger partial charge in [-0.1, -0.05) is 32.4 Å². The highest BCUT2D eigenvalue weighted by Crippen LogP contribution is 2.49. The van der Waals surface area contributed by atoms with Gasteiger partial charge in [0.05, 0.1) is 5.69 Å². The van der Waals surface area contributed by atoms with Crippen LogP contribution in [-0.2, 0) is 10.0 Å². The van der Waals surface area contributed by atoms with Crippen LogP contribution < -0.4 is 10.0 Å². The predicted octanol–water partition coefficient (Wildman–Crippen LogP) is 2.98. The summed E-state index contributed by atoms with van der Waals surface area (Å²) in [6, 6.07) is 7.12. The Balaban J connectivity index is 2.13. The maximum absolute atomic E-state index is 12.2. The minimum Gasteiger partial charge on any atom is -0.383 e. The Morgan fingerprint density at radius 3 is 2.50 bits per heavy atom. The summed E-state index contributed by atoms with van der Waals surface area (Å²) in [5, 5.41) is 3.35. The number of anilines is 1. The van der Waals surface area contributed by atoms with E-state index in [1.807, 2.05) is 12.1 Å². The van der Waals surface area contributed by atoms with Crippen LogP contribution in [0.5, 0.6) is 0 Å². The maximum Gasteiger partial charge on any atom is 0.242 e. The molecule has 1 saturated carbocycles. The van der Waals surface area contributed by atoms with Gasteiger partial charge in [-0.25, -0.2) is 13.1 Å². The first-order chi connectivity index (χ1) is 9.53. The molecule has 0 radical (unpaired) electrons. The fourth-order valence-corrected chi connectivity index (χ4v) is 3.84. The third-order valence-corrected chi connectivity index (χ3v) is 5.51. The summed E-state index contributed by atoms with van der Waals surface area (Å²) in [4.78, 5) is 0.342. The second-order valence-electron chi connectivity index (χ2n) is 5.60. The lowest BCUT2D eigenvalue weighted by Crippen LogP contribution is -2.25. The van der Waals surface area contributed by atoms with E-state index in [0.717, 1.165) is 6.54 Å². The number of sulfonamides is 1. The normalized spacial score (nSPS) is 16.9. The molecule has 1 aliphatic rings. The van der Waals surface area contributed by atoms with Crippen LogP contribution in [0, 0.1) is 5.41 Å². The van der Waals surface area contributed by atoms with Crippen LogP contribution in [0.15, 0.2) is 29.2 Å². The Morgan fingerprint density at radius 2 is 1.90 bits per heavy atom. The minimum absolute atomic E-state index is 0.342. The van der Waals surface area contributed by atoms with Gasteiger partial charge in [0.2, 0.25) is 10.0 Å². The molecule has 20 heavy (non-hydrogen) atoms. The van der Waals surface area contributed by atoms with Gasteiger partial charge in [-0.2, -0.15) is 0 Å². The molecule has 2 rings (SSSR count). The molecular weight excluding hydrogens is 272 g/mol. The molecule has 1 aromatic carbocycles. The lowest BCUT2D eigenvalue weighted by Gasteiger charge is -2.18. The van der Waals surface area contributed by atoms with E-state index >= 15 is 0 Å². The van der Waals surface area contributed by atoms with Gasteiger partial charge < -0.3 is 5.32 Å². The Kier molecular flexibility index (Phi) is 4.70. The molecule has 0 saturated heterocycles. The van der Waals surface area contributed by atoms with Gasteiger partial charge in [0.15, 0.2) is 0 Å². The molecule has 2 N–H and O–H groups in total. The van der Waals surface area contributed by atoms with Crippen LogP contribution in [0.25, 0.3) is 0 Å². The fourth-order valence-electron chi connectivity index (χ4n) is 2.62. The molecule has 0 aromatic heterocycles. The number of benzene rings is 1.